The molecular weight excluding hydrogens is 264 g/mol. The molecule has 2 heterocycles. The summed E-state index contributed by atoms with van der Waals surface area (Å²) in [6, 6.07) is 3.97. The van der Waals surface area contributed by atoms with Gasteiger partial charge in [0.1, 0.15) is 12.2 Å². The molecule has 0 spiro atoms. The van der Waals surface area contributed by atoms with Gasteiger partial charge in [0.25, 0.3) is 0 Å². The topological polar surface area (TPSA) is 59.0 Å². The minimum absolute atomic E-state index is 0.0363. The zero-order chi connectivity index (χ0) is 15.2. The van der Waals surface area contributed by atoms with Crippen LogP contribution in [0.2, 0.25) is 0 Å². The fraction of sp³-hybridized carbons (Fsp3) is 0.500. The Kier molecular flexibility index (Phi) is 5.33. The summed E-state index contributed by atoms with van der Waals surface area (Å²) in [6.45, 7) is 6.12. The van der Waals surface area contributed by atoms with Crippen molar-refractivity contribution in [1.29, 1.82) is 0 Å². The molecule has 0 saturated heterocycles. The van der Waals surface area contributed by atoms with Gasteiger partial charge in [-0.2, -0.15) is 0 Å². The van der Waals surface area contributed by atoms with Crippen molar-refractivity contribution in [1.82, 2.24) is 20.2 Å². The van der Waals surface area contributed by atoms with E-state index in [4.69, 9.17) is 0 Å². The summed E-state index contributed by atoms with van der Waals surface area (Å²) in [5, 5.41) is 7.21. The molecule has 114 valence electrons. The van der Waals surface area contributed by atoms with Gasteiger partial charge in [-0.15, -0.1) is 0 Å². The maximum atomic E-state index is 12.0. The van der Waals surface area contributed by atoms with Gasteiger partial charge in [0.15, 0.2) is 0 Å². The van der Waals surface area contributed by atoms with E-state index in [0.717, 1.165) is 36.1 Å². The number of aromatic nitrogens is 2. The molecule has 0 unspecified atom stereocenters. The predicted octanol–water partition coefficient (Wildman–Crippen LogP) is 1.92. The lowest BCUT2D eigenvalue weighted by atomic mass is 10.1. The second-order valence-electron chi connectivity index (χ2n) is 5.72. The average molecular weight is 288 g/mol. The van der Waals surface area contributed by atoms with Crippen molar-refractivity contribution < 1.29 is 4.79 Å². The Hall–Kier alpha value is -1.88. The van der Waals surface area contributed by atoms with Crippen LogP contribution in [-0.4, -0.2) is 29.1 Å². The molecule has 2 N–H and O–H groups in total. The predicted molar refractivity (Wildman–Crippen MR) is 85.0 cm³/mol. The number of pyridine rings is 1. The van der Waals surface area contributed by atoms with Crippen LogP contribution in [0.4, 0.5) is 0 Å². The molecule has 0 aromatic carbocycles. The molecule has 0 saturated carbocycles. The number of nitrogens with zero attached hydrogens (tertiary/aromatic N) is 2. The van der Waals surface area contributed by atoms with Gasteiger partial charge in [0, 0.05) is 30.9 Å². The zero-order valence-electron chi connectivity index (χ0n) is 13.0. The molecule has 5 heteroatoms. The number of fused-ring (bicyclic) bond motifs is 1. The van der Waals surface area contributed by atoms with Gasteiger partial charge < -0.3 is 15.2 Å². The number of carbonyl (C=O) groups excluding carboxylic acids is 1. The fourth-order valence-corrected chi connectivity index (χ4v) is 2.36. The lowest BCUT2D eigenvalue weighted by Gasteiger charge is -2.08. The van der Waals surface area contributed by atoms with Crippen molar-refractivity contribution in [3.63, 3.8) is 0 Å². The molecule has 21 heavy (non-hydrogen) atoms. The Bertz CT molecular complexity index is 603. The van der Waals surface area contributed by atoms with Gasteiger partial charge in [0.2, 0.25) is 5.91 Å². The van der Waals surface area contributed by atoms with Crippen molar-refractivity contribution in [2.45, 2.75) is 33.4 Å². The summed E-state index contributed by atoms with van der Waals surface area (Å²) in [5.74, 6) is 0.635. The van der Waals surface area contributed by atoms with Gasteiger partial charge in [-0.05, 0) is 37.1 Å². The van der Waals surface area contributed by atoms with E-state index in [0.29, 0.717) is 12.5 Å². The van der Waals surface area contributed by atoms with Crippen LogP contribution in [0.3, 0.4) is 0 Å². The third-order valence-electron chi connectivity index (χ3n) is 3.44. The van der Waals surface area contributed by atoms with Crippen LogP contribution in [-0.2, 0) is 17.9 Å². The van der Waals surface area contributed by atoms with Crippen LogP contribution in [0.15, 0.2) is 24.5 Å². The van der Waals surface area contributed by atoms with E-state index in [9.17, 15) is 4.79 Å². The van der Waals surface area contributed by atoms with Crippen LogP contribution in [0.5, 0.6) is 0 Å². The Morgan fingerprint density at radius 2 is 2.24 bits per heavy atom. The maximum absolute atomic E-state index is 12.0. The highest BCUT2D eigenvalue weighted by Crippen LogP contribution is 2.19. The number of hydrogen-bond donors (Lipinski definition) is 2. The van der Waals surface area contributed by atoms with Crippen molar-refractivity contribution in [3.8, 4) is 0 Å². The van der Waals surface area contributed by atoms with Gasteiger partial charge in [-0.1, -0.05) is 13.8 Å². The Labute approximate surface area is 125 Å². The summed E-state index contributed by atoms with van der Waals surface area (Å²) in [4.78, 5) is 16.4. The first-order chi connectivity index (χ1) is 10.1. The molecule has 2 aromatic rings. The van der Waals surface area contributed by atoms with Crippen LogP contribution in [0.25, 0.3) is 11.0 Å². The molecule has 0 fully saturated rings. The average Bonchev–Trinajstić information content (AvgIpc) is 2.77. The van der Waals surface area contributed by atoms with E-state index in [1.807, 2.05) is 29.9 Å². The van der Waals surface area contributed by atoms with Gasteiger partial charge in [0.05, 0.1) is 0 Å². The monoisotopic (exact) mass is 288 g/mol. The van der Waals surface area contributed by atoms with E-state index in [-0.39, 0.29) is 5.91 Å². The molecule has 5 nitrogen and oxygen atoms in total. The molecule has 0 aliphatic rings. The van der Waals surface area contributed by atoms with Crippen LogP contribution in [0.1, 0.15) is 25.8 Å². The number of nitrogens with one attached hydrogen (secondary N) is 2. The molecule has 1 amide bonds. The lowest BCUT2D eigenvalue weighted by Crippen LogP contribution is -2.28. The number of hydrogen-bond acceptors (Lipinski definition) is 3. The zero-order valence-corrected chi connectivity index (χ0v) is 13.0. The summed E-state index contributed by atoms with van der Waals surface area (Å²) < 4.78 is 1.92. The number of amides is 1. The molecule has 0 atom stereocenters. The lowest BCUT2D eigenvalue weighted by molar-refractivity contribution is -0.121. The van der Waals surface area contributed by atoms with E-state index in [1.54, 1.807) is 6.20 Å². The maximum Gasteiger partial charge on any atom is 0.239 e. The first-order valence-corrected chi connectivity index (χ1v) is 7.46. The van der Waals surface area contributed by atoms with Crippen molar-refractivity contribution in [2.75, 3.05) is 13.6 Å². The van der Waals surface area contributed by atoms with Gasteiger partial charge in [-0.25, -0.2) is 4.98 Å². The minimum atomic E-state index is 0.0363. The minimum Gasteiger partial charge on any atom is -0.355 e. The first kappa shape index (κ1) is 15.5. The highest BCUT2D eigenvalue weighted by Gasteiger charge is 2.11. The molecule has 0 aliphatic heterocycles. The Morgan fingerprint density at radius 3 is 2.95 bits per heavy atom. The van der Waals surface area contributed by atoms with Crippen LogP contribution < -0.4 is 10.6 Å². The molecular formula is C16H24N4O. The first-order valence-electron chi connectivity index (χ1n) is 7.46. The fourth-order valence-electron chi connectivity index (χ4n) is 2.36. The summed E-state index contributed by atoms with van der Waals surface area (Å²) in [5.41, 5.74) is 2.03. The highest BCUT2D eigenvalue weighted by atomic mass is 16.1. The standard InChI is InChI=1S/C16H24N4O/c1-12(2)6-8-18-15(21)11-20-10-13(9-17-3)14-5-4-7-19-16(14)20/h4-5,7,10,12,17H,6,8-9,11H2,1-3H3,(H,18,21). The van der Waals surface area contributed by atoms with Gasteiger partial charge >= 0.3 is 0 Å². The van der Waals surface area contributed by atoms with E-state index >= 15 is 0 Å². The van der Waals surface area contributed by atoms with E-state index < -0.39 is 0 Å². The number of rotatable bonds is 7. The summed E-state index contributed by atoms with van der Waals surface area (Å²) >= 11 is 0. The largest absolute Gasteiger partial charge is 0.355 e. The normalized spacial score (nSPS) is 11.2. The highest BCUT2D eigenvalue weighted by molar-refractivity contribution is 5.83. The van der Waals surface area contributed by atoms with Crippen LogP contribution >= 0.6 is 0 Å². The Morgan fingerprint density at radius 1 is 1.43 bits per heavy atom. The van der Waals surface area contributed by atoms with Crippen molar-refractivity contribution >= 4 is 16.9 Å². The smallest absolute Gasteiger partial charge is 0.239 e. The quantitative estimate of drug-likeness (QED) is 0.818. The molecule has 2 aromatic heterocycles. The summed E-state index contributed by atoms with van der Waals surface area (Å²) in [6.07, 6.45) is 4.77. The van der Waals surface area contributed by atoms with E-state index in [2.05, 4.69) is 29.5 Å². The third kappa shape index (κ3) is 4.04. The second-order valence-corrected chi connectivity index (χ2v) is 5.72. The third-order valence-corrected chi connectivity index (χ3v) is 3.44. The molecule has 0 bridgehead atoms. The van der Waals surface area contributed by atoms with Crippen LogP contribution in [0, 0.1) is 5.92 Å². The molecule has 0 aliphatic carbocycles. The van der Waals surface area contributed by atoms with Crippen molar-refractivity contribution in [2.24, 2.45) is 5.92 Å². The summed E-state index contributed by atoms with van der Waals surface area (Å²) in [7, 11) is 1.91. The molecule has 2 rings (SSSR count). The van der Waals surface area contributed by atoms with E-state index in [1.165, 1.54) is 0 Å². The van der Waals surface area contributed by atoms with Gasteiger partial charge in [-0.3, -0.25) is 4.79 Å². The molecule has 0 radical (unpaired) electrons. The number of carbonyl (C=O) groups is 1. The SMILES string of the molecule is CNCc1cn(CC(=O)NCCC(C)C)c2ncccc12. The Balaban J connectivity index is 2.09. The van der Waals surface area contributed by atoms with Crippen molar-refractivity contribution in [3.05, 3.63) is 30.1 Å². The second kappa shape index (κ2) is 7.22.